The Hall–Kier alpha value is -1.31. The lowest BCUT2D eigenvalue weighted by molar-refractivity contribution is -0.116. The normalized spacial score (nSPS) is 20.5. The monoisotopic (exact) mass is 161 g/mol. The molecule has 1 unspecified atom stereocenters. The predicted octanol–water partition coefficient (Wildman–Crippen LogP) is 2.05. The molecule has 1 aliphatic heterocycles. The molecule has 1 N–H and O–H groups in total. The van der Waals surface area contributed by atoms with Crippen LogP contribution in [0.4, 0.5) is 5.69 Å². The molecule has 2 heteroatoms. The SMILES string of the molecule is Cc1ccc2c(c1)NC(=O)C2C. The minimum Gasteiger partial charge on any atom is -0.325 e. The minimum atomic E-state index is 0.0144. The zero-order valence-corrected chi connectivity index (χ0v) is 7.22. The number of fused-ring (bicyclic) bond motifs is 1. The number of amides is 1. The third-order valence-corrected chi connectivity index (χ3v) is 2.33. The molecule has 0 saturated carbocycles. The first kappa shape index (κ1) is 7.35. The van der Waals surface area contributed by atoms with E-state index in [1.165, 1.54) is 5.56 Å². The lowest BCUT2D eigenvalue weighted by Crippen LogP contribution is -2.08. The molecule has 2 rings (SSSR count). The zero-order chi connectivity index (χ0) is 8.72. The molecule has 1 heterocycles. The average Bonchev–Trinajstić information content (AvgIpc) is 2.28. The van der Waals surface area contributed by atoms with Crippen LogP contribution in [0.25, 0.3) is 0 Å². The molecular formula is C10H11NO. The smallest absolute Gasteiger partial charge is 0.231 e. The largest absolute Gasteiger partial charge is 0.325 e. The first-order valence-corrected chi connectivity index (χ1v) is 4.10. The summed E-state index contributed by atoms with van der Waals surface area (Å²) < 4.78 is 0. The number of hydrogen-bond donors (Lipinski definition) is 1. The highest BCUT2D eigenvalue weighted by Gasteiger charge is 2.25. The maximum atomic E-state index is 11.2. The lowest BCUT2D eigenvalue weighted by atomic mass is 10.0. The standard InChI is InChI=1S/C10H11NO/c1-6-3-4-8-7(2)10(12)11-9(8)5-6/h3-5,7H,1-2H3,(H,11,12). The number of carbonyl (C=O) groups is 1. The summed E-state index contributed by atoms with van der Waals surface area (Å²) in [5.74, 6) is 0.121. The fourth-order valence-electron chi connectivity index (χ4n) is 1.54. The van der Waals surface area contributed by atoms with Gasteiger partial charge in [-0.2, -0.15) is 0 Å². The molecule has 2 nitrogen and oxygen atoms in total. The van der Waals surface area contributed by atoms with Crippen LogP contribution in [0.2, 0.25) is 0 Å². The van der Waals surface area contributed by atoms with E-state index in [1.54, 1.807) is 0 Å². The van der Waals surface area contributed by atoms with Gasteiger partial charge in [-0.3, -0.25) is 4.79 Å². The van der Waals surface area contributed by atoms with Crippen molar-refractivity contribution < 1.29 is 4.79 Å². The van der Waals surface area contributed by atoms with Crippen molar-refractivity contribution in [3.05, 3.63) is 29.3 Å². The molecule has 62 valence electrons. The van der Waals surface area contributed by atoms with Crippen LogP contribution in [-0.2, 0) is 4.79 Å². The highest BCUT2D eigenvalue weighted by molar-refractivity contribution is 6.02. The maximum absolute atomic E-state index is 11.2. The Kier molecular flexibility index (Phi) is 1.43. The second-order valence-corrected chi connectivity index (χ2v) is 3.30. The van der Waals surface area contributed by atoms with Crippen LogP contribution >= 0.6 is 0 Å². The molecule has 0 spiro atoms. The van der Waals surface area contributed by atoms with Gasteiger partial charge in [-0.05, 0) is 31.0 Å². The number of carbonyl (C=O) groups excluding carboxylic acids is 1. The second kappa shape index (κ2) is 2.34. The van der Waals surface area contributed by atoms with E-state index in [0.29, 0.717) is 0 Å². The predicted molar refractivity (Wildman–Crippen MR) is 48.2 cm³/mol. The lowest BCUT2D eigenvalue weighted by Gasteiger charge is -2.00. The van der Waals surface area contributed by atoms with Crippen LogP contribution in [0, 0.1) is 6.92 Å². The quantitative estimate of drug-likeness (QED) is 0.620. The Balaban J connectivity index is 2.54. The molecule has 1 atom stereocenters. The Morgan fingerprint density at radius 1 is 1.42 bits per heavy atom. The third-order valence-electron chi connectivity index (χ3n) is 2.33. The van der Waals surface area contributed by atoms with E-state index in [2.05, 4.69) is 5.32 Å². The number of nitrogens with one attached hydrogen (secondary N) is 1. The van der Waals surface area contributed by atoms with Crippen LogP contribution in [0.1, 0.15) is 24.0 Å². The Labute approximate surface area is 71.6 Å². The van der Waals surface area contributed by atoms with Crippen molar-refractivity contribution in [2.75, 3.05) is 5.32 Å². The summed E-state index contributed by atoms with van der Waals surface area (Å²) in [5, 5.41) is 2.85. The van der Waals surface area contributed by atoms with Crippen molar-refractivity contribution >= 4 is 11.6 Å². The molecule has 1 aliphatic rings. The summed E-state index contributed by atoms with van der Waals surface area (Å²) in [5.41, 5.74) is 3.28. The minimum absolute atomic E-state index is 0.0144. The fraction of sp³-hybridized carbons (Fsp3) is 0.300. The summed E-state index contributed by atoms with van der Waals surface area (Å²) in [6, 6.07) is 6.07. The number of anilines is 1. The molecule has 12 heavy (non-hydrogen) atoms. The summed E-state index contributed by atoms with van der Waals surface area (Å²) in [6.07, 6.45) is 0. The van der Waals surface area contributed by atoms with Crippen molar-refractivity contribution in [1.82, 2.24) is 0 Å². The maximum Gasteiger partial charge on any atom is 0.231 e. The summed E-state index contributed by atoms with van der Waals surface area (Å²) in [7, 11) is 0. The molecule has 0 aromatic heterocycles. The molecule has 1 aromatic carbocycles. The second-order valence-electron chi connectivity index (χ2n) is 3.30. The van der Waals surface area contributed by atoms with Crippen molar-refractivity contribution in [3.63, 3.8) is 0 Å². The zero-order valence-electron chi connectivity index (χ0n) is 7.22. The fourth-order valence-corrected chi connectivity index (χ4v) is 1.54. The van der Waals surface area contributed by atoms with Crippen LogP contribution in [0.15, 0.2) is 18.2 Å². The van der Waals surface area contributed by atoms with E-state index >= 15 is 0 Å². The molecule has 1 aromatic rings. The molecule has 0 bridgehead atoms. The van der Waals surface area contributed by atoms with Crippen LogP contribution < -0.4 is 5.32 Å². The van der Waals surface area contributed by atoms with Gasteiger partial charge in [0.2, 0.25) is 5.91 Å². The number of benzene rings is 1. The Morgan fingerprint density at radius 2 is 2.17 bits per heavy atom. The van der Waals surface area contributed by atoms with Gasteiger partial charge >= 0.3 is 0 Å². The van der Waals surface area contributed by atoms with Crippen LogP contribution in [0.3, 0.4) is 0 Å². The van der Waals surface area contributed by atoms with Gasteiger partial charge in [0.15, 0.2) is 0 Å². The van der Waals surface area contributed by atoms with Gasteiger partial charge in [-0.1, -0.05) is 12.1 Å². The molecular weight excluding hydrogens is 150 g/mol. The number of aryl methyl sites for hydroxylation is 1. The average molecular weight is 161 g/mol. The van der Waals surface area contributed by atoms with Crippen LogP contribution in [0.5, 0.6) is 0 Å². The van der Waals surface area contributed by atoms with Crippen molar-refractivity contribution in [3.8, 4) is 0 Å². The summed E-state index contributed by atoms with van der Waals surface area (Å²) >= 11 is 0. The van der Waals surface area contributed by atoms with Gasteiger partial charge < -0.3 is 5.32 Å². The van der Waals surface area contributed by atoms with Gasteiger partial charge in [-0.25, -0.2) is 0 Å². The molecule has 0 fully saturated rings. The third kappa shape index (κ3) is 0.916. The summed E-state index contributed by atoms with van der Waals surface area (Å²) in [4.78, 5) is 11.2. The highest BCUT2D eigenvalue weighted by Crippen LogP contribution is 2.32. The molecule has 1 amide bonds. The first-order chi connectivity index (χ1) is 5.68. The van der Waals surface area contributed by atoms with Gasteiger partial charge in [0.05, 0.1) is 5.92 Å². The van der Waals surface area contributed by atoms with E-state index in [4.69, 9.17) is 0 Å². The van der Waals surface area contributed by atoms with Crippen molar-refractivity contribution in [2.45, 2.75) is 19.8 Å². The van der Waals surface area contributed by atoms with Crippen molar-refractivity contribution in [1.29, 1.82) is 0 Å². The Morgan fingerprint density at radius 3 is 2.92 bits per heavy atom. The topological polar surface area (TPSA) is 29.1 Å². The van der Waals surface area contributed by atoms with Gasteiger partial charge in [0, 0.05) is 5.69 Å². The van der Waals surface area contributed by atoms with Gasteiger partial charge in [0.25, 0.3) is 0 Å². The van der Waals surface area contributed by atoms with Crippen molar-refractivity contribution in [2.24, 2.45) is 0 Å². The van der Waals surface area contributed by atoms with E-state index in [0.717, 1.165) is 11.3 Å². The van der Waals surface area contributed by atoms with Crippen LogP contribution in [-0.4, -0.2) is 5.91 Å². The molecule has 0 radical (unpaired) electrons. The first-order valence-electron chi connectivity index (χ1n) is 4.10. The van der Waals surface area contributed by atoms with E-state index < -0.39 is 0 Å². The van der Waals surface area contributed by atoms with Gasteiger partial charge in [0.1, 0.15) is 0 Å². The van der Waals surface area contributed by atoms with E-state index in [-0.39, 0.29) is 11.8 Å². The van der Waals surface area contributed by atoms with E-state index in [1.807, 2.05) is 32.0 Å². The van der Waals surface area contributed by atoms with Gasteiger partial charge in [-0.15, -0.1) is 0 Å². The number of hydrogen-bond acceptors (Lipinski definition) is 1. The summed E-state index contributed by atoms with van der Waals surface area (Å²) in [6.45, 7) is 3.95. The highest BCUT2D eigenvalue weighted by atomic mass is 16.2. The number of rotatable bonds is 0. The molecule has 0 aliphatic carbocycles. The molecule has 0 saturated heterocycles. The Bertz CT molecular complexity index is 344. The van der Waals surface area contributed by atoms with E-state index in [9.17, 15) is 4.79 Å².